The van der Waals surface area contributed by atoms with Crippen molar-refractivity contribution in [3.8, 4) is 0 Å². The normalized spacial score (nSPS) is 14.6. The summed E-state index contributed by atoms with van der Waals surface area (Å²) < 4.78 is 39.0. The summed E-state index contributed by atoms with van der Waals surface area (Å²) in [4.78, 5) is 13.8. The Hall–Kier alpha value is -1.69. The van der Waals surface area contributed by atoms with Gasteiger partial charge in [-0.2, -0.15) is 4.79 Å². The number of nitrogens with zero attached hydrogens (tertiary/aromatic N) is 2. The molecule has 1 aliphatic rings. The van der Waals surface area contributed by atoms with Gasteiger partial charge in [0, 0.05) is 11.6 Å². The molecule has 0 aromatic rings. The zero-order valence-electron chi connectivity index (χ0n) is 8.33. The van der Waals surface area contributed by atoms with Crippen molar-refractivity contribution >= 4 is 18.7 Å². The minimum Gasteiger partial charge on any atom is -0.418 e. The van der Waals surface area contributed by atoms with E-state index in [-0.39, 0.29) is 5.78 Å². The van der Waals surface area contributed by atoms with Crippen molar-refractivity contribution in [3.05, 3.63) is 29.3 Å². The van der Waals surface area contributed by atoms with Crippen LogP contribution in [0.2, 0.25) is 0 Å². The molecule has 0 heterocycles. The zero-order chi connectivity index (χ0) is 12.8. The first-order chi connectivity index (χ1) is 7.24. The van der Waals surface area contributed by atoms with Gasteiger partial charge in [0.2, 0.25) is 0 Å². The first-order valence-corrected chi connectivity index (χ1v) is 4.21. The van der Waals surface area contributed by atoms with E-state index in [4.69, 9.17) is 5.53 Å². The third kappa shape index (κ3) is 7.69. The Kier molecular flexibility index (Phi) is 5.39. The van der Waals surface area contributed by atoms with Crippen molar-refractivity contribution in [2.24, 2.45) is 0 Å². The van der Waals surface area contributed by atoms with Gasteiger partial charge in [-0.25, -0.2) is 0 Å². The lowest BCUT2D eigenvalue weighted by molar-refractivity contribution is -0.113. The lowest BCUT2D eigenvalue weighted by atomic mass is 10.0. The molecular weight excluding hydrogens is 227 g/mol. The second kappa shape index (κ2) is 6.02. The Bertz CT molecular complexity index is 374. The molecule has 8 heteroatoms. The highest BCUT2D eigenvalue weighted by molar-refractivity contribution is 6.50. The van der Waals surface area contributed by atoms with Crippen LogP contribution in [0.25, 0.3) is 5.53 Å². The number of hydrogen-bond acceptors (Lipinski definition) is 1. The number of ketones is 1. The minimum atomic E-state index is -6.00. The molecule has 0 amide bonds. The second-order valence-electron chi connectivity index (χ2n) is 2.84. The van der Waals surface area contributed by atoms with E-state index in [1.807, 2.05) is 0 Å². The summed E-state index contributed by atoms with van der Waals surface area (Å²) in [6.07, 6.45) is 5.57. The lowest BCUT2D eigenvalue weighted by Crippen LogP contribution is -2.03. The largest absolute Gasteiger partial charge is 0.673 e. The number of rotatable bonds is 1. The molecule has 1 rings (SSSR count). The molecule has 0 spiro atoms. The maximum absolute atomic E-state index is 10.8. The first kappa shape index (κ1) is 14.3. The van der Waals surface area contributed by atoms with Crippen molar-refractivity contribution in [1.29, 1.82) is 0 Å². The highest BCUT2D eigenvalue weighted by Gasteiger charge is 2.20. The van der Waals surface area contributed by atoms with E-state index in [0.717, 1.165) is 0 Å². The number of carbonyl (C=O) groups is 1. The quantitative estimate of drug-likeness (QED) is 0.298. The van der Waals surface area contributed by atoms with Gasteiger partial charge in [-0.05, 0) is 13.0 Å². The van der Waals surface area contributed by atoms with Gasteiger partial charge in [0.25, 0.3) is 5.71 Å². The molecule has 3 nitrogen and oxygen atoms in total. The molecule has 0 radical (unpaired) electrons. The van der Waals surface area contributed by atoms with Gasteiger partial charge in [-0.15, -0.1) is 0 Å². The number of Topliss-reactive ketones (excluding diaryl/α,β-unsaturated/α-hetero) is 1. The van der Waals surface area contributed by atoms with Crippen LogP contribution in [0.1, 0.15) is 13.3 Å². The predicted octanol–water partition coefficient (Wildman–Crippen LogP) is 2.43. The van der Waals surface area contributed by atoms with E-state index >= 15 is 0 Å². The summed E-state index contributed by atoms with van der Waals surface area (Å²) in [7, 11) is -6.00. The van der Waals surface area contributed by atoms with Crippen LogP contribution in [0.15, 0.2) is 23.8 Å². The van der Waals surface area contributed by atoms with Gasteiger partial charge in [0.15, 0.2) is 5.78 Å². The molecule has 0 aromatic heterocycles. The van der Waals surface area contributed by atoms with Crippen molar-refractivity contribution in [1.82, 2.24) is 0 Å². The predicted molar refractivity (Wildman–Crippen MR) is 51.3 cm³/mol. The fourth-order valence-corrected chi connectivity index (χ4v) is 0.872. The van der Waals surface area contributed by atoms with Crippen molar-refractivity contribution in [2.75, 3.05) is 0 Å². The molecule has 0 atom stereocenters. The van der Waals surface area contributed by atoms with Crippen LogP contribution in [0.5, 0.6) is 0 Å². The van der Waals surface area contributed by atoms with Gasteiger partial charge in [0.1, 0.15) is 0 Å². The van der Waals surface area contributed by atoms with Crippen molar-refractivity contribution < 1.29 is 26.8 Å². The second-order valence-corrected chi connectivity index (χ2v) is 2.84. The van der Waals surface area contributed by atoms with Crippen molar-refractivity contribution in [2.45, 2.75) is 13.3 Å². The zero-order valence-corrected chi connectivity index (χ0v) is 8.33. The minimum absolute atomic E-state index is 0.0400. The maximum atomic E-state index is 10.8. The van der Waals surface area contributed by atoms with Crippen LogP contribution >= 0.6 is 0 Å². The number of carbonyl (C=O) groups excluding carboxylic acids is 1. The lowest BCUT2D eigenvalue weighted by Gasteiger charge is -1.97. The van der Waals surface area contributed by atoms with Crippen LogP contribution in [-0.4, -0.2) is 23.5 Å². The maximum Gasteiger partial charge on any atom is 0.673 e. The summed E-state index contributed by atoms with van der Waals surface area (Å²) in [6.45, 7) is 1.51. The van der Waals surface area contributed by atoms with Crippen LogP contribution in [0, 0.1) is 0 Å². The average Bonchev–Trinajstić information content (AvgIpc) is 2.15. The molecule has 0 aromatic carbocycles. The number of halogens is 4. The summed E-state index contributed by atoms with van der Waals surface area (Å²) in [6, 6.07) is 0. The third-order valence-corrected chi connectivity index (χ3v) is 1.52. The van der Waals surface area contributed by atoms with E-state index < -0.39 is 7.25 Å². The molecule has 0 aliphatic heterocycles. The van der Waals surface area contributed by atoms with Crippen LogP contribution in [0.3, 0.4) is 0 Å². The third-order valence-electron chi connectivity index (χ3n) is 1.52. The van der Waals surface area contributed by atoms with E-state index in [0.29, 0.717) is 17.7 Å². The smallest absolute Gasteiger partial charge is 0.418 e. The van der Waals surface area contributed by atoms with E-state index in [9.17, 15) is 22.1 Å². The van der Waals surface area contributed by atoms with Gasteiger partial charge in [-0.3, -0.25) is 4.79 Å². The fourth-order valence-electron chi connectivity index (χ4n) is 0.872. The van der Waals surface area contributed by atoms with Crippen LogP contribution < -0.4 is 0 Å². The van der Waals surface area contributed by atoms with E-state index in [1.165, 1.54) is 6.92 Å². The SMILES string of the molecule is CC(=O)C1=CCC(=[N+]=[N-])C=C1.F[B-](F)(F)F. The molecule has 0 saturated heterocycles. The number of allylic oxidation sites excluding steroid dienone is 4. The van der Waals surface area contributed by atoms with E-state index in [2.05, 4.69) is 4.79 Å². The average molecular weight is 235 g/mol. The van der Waals surface area contributed by atoms with Crippen LogP contribution in [-0.2, 0) is 4.79 Å². The molecular formula is C8H8BF4N2O-. The van der Waals surface area contributed by atoms with Gasteiger partial charge in [0.05, 0.1) is 6.42 Å². The summed E-state index contributed by atoms with van der Waals surface area (Å²) >= 11 is 0. The Labute approximate surface area is 89.2 Å². The highest BCUT2D eigenvalue weighted by atomic mass is 19.5. The molecule has 88 valence electrons. The first-order valence-electron chi connectivity index (χ1n) is 4.21. The standard InChI is InChI=1S/C8H8N2O.BF4/c1-6(11)7-2-4-8(10-9)5-3-7;2-1(3,4)5/h2-4H,5H2,1H3;/q;-1. The van der Waals surface area contributed by atoms with Gasteiger partial charge >= 0.3 is 7.25 Å². The van der Waals surface area contributed by atoms with Crippen LogP contribution in [0.4, 0.5) is 17.3 Å². The Morgan fingerprint density at radius 2 is 1.88 bits per heavy atom. The summed E-state index contributed by atoms with van der Waals surface area (Å²) in [5.74, 6) is 0.0400. The van der Waals surface area contributed by atoms with Crippen molar-refractivity contribution in [3.63, 3.8) is 0 Å². The highest BCUT2D eigenvalue weighted by Crippen LogP contribution is 2.07. The molecule has 0 bridgehead atoms. The molecule has 16 heavy (non-hydrogen) atoms. The van der Waals surface area contributed by atoms with E-state index in [1.54, 1.807) is 18.2 Å². The molecule has 1 aliphatic carbocycles. The molecule has 0 fully saturated rings. The Balaban J connectivity index is 0.000000385. The Morgan fingerprint density at radius 3 is 2.12 bits per heavy atom. The molecule has 0 N–H and O–H groups in total. The number of hydrogen-bond donors (Lipinski definition) is 0. The molecule has 0 saturated carbocycles. The van der Waals surface area contributed by atoms with Gasteiger partial charge in [-0.1, -0.05) is 6.08 Å². The summed E-state index contributed by atoms with van der Waals surface area (Å²) in [5, 5.41) is 0. The molecule has 0 unspecified atom stereocenters. The summed E-state index contributed by atoms with van der Waals surface area (Å²) in [5.41, 5.74) is 9.60. The fraction of sp³-hybridized carbons (Fsp3) is 0.250. The Morgan fingerprint density at radius 1 is 1.38 bits per heavy atom. The van der Waals surface area contributed by atoms with Gasteiger partial charge < -0.3 is 22.8 Å². The monoisotopic (exact) mass is 235 g/mol. The topological polar surface area (TPSA) is 53.5 Å².